The number of aliphatic hydroxyl groups is 2. The summed E-state index contributed by atoms with van der Waals surface area (Å²) in [6, 6.07) is 17.5. The summed E-state index contributed by atoms with van der Waals surface area (Å²) in [4.78, 5) is 12.2. The first-order chi connectivity index (χ1) is 15.4. The van der Waals surface area contributed by atoms with Gasteiger partial charge in [-0.1, -0.05) is 48.5 Å². The minimum atomic E-state index is -1.73. The zero-order valence-electron chi connectivity index (χ0n) is 16.8. The Morgan fingerprint density at radius 3 is 2.22 bits per heavy atom. The number of nitrogens with one attached hydrogen (secondary N) is 1. The van der Waals surface area contributed by atoms with Crippen LogP contribution in [0, 0.1) is 11.6 Å². The van der Waals surface area contributed by atoms with E-state index >= 15 is 0 Å². The van der Waals surface area contributed by atoms with Crippen LogP contribution in [0.25, 0.3) is 11.1 Å². The molecule has 32 heavy (non-hydrogen) atoms. The van der Waals surface area contributed by atoms with Gasteiger partial charge in [0.25, 0.3) is 0 Å². The maximum absolute atomic E-state index is 14.0. The predicted octanol–water partition coefficient (Wildman–Crippen LogP) is 4.66. The van der Waals surface area contributed by atoms with E-state index < -0.39 is 42.0 Å². The Kier molecular flexibility index (Phi) is 6.55. The van der Waals surface area contributed by atoms with Gasteiger partial charge in [-0.15, -0.1) is 0 Å². The highest BCUT2D eigenvalue weighted by Gasteiger charge is 2.29. The number of benzene rings is 3. The summed E-state index contributed by atoms with van der Waals surface area (Å²) in [5, 5.41) is 22.6. The van der Waals surface area contributed by atoms with E-state index in [0.717, 1.165) is 34.4 Å². The van der Waals surface area contributed by atoms with Gasteiger partial charge in [-0.05, 0) is 50.3 Å². The fourth-order valence-corrected chi connectivity index (χ4v) is 4.24. The fourth-order valence-electron chi connectivity index (χ4n) is 3.92. The molecule has 3 aromatic rings. The van der Waals surface area contributed by atoms with Gasteiger partial charge in [0.05, 0.1) is 4.47 Å². The number of hydrogen-bond donors (Lipinski definition) is 3. The van der Waals surface area contributed by atoms with E-state index in [2.05, 4.69) is 21.2 Å². The molecule has 0 radical (unpaired) electrons. The number of aliphatic hydroxyl groups excluding tert-OH is 2. The topological polar surface area (TPSA) is 78.8 Å². The summed E-state index contributed by atoms with van der Waals surface area (Å²) in [7, 11) is 0. The van der Waals surface area contributed by atoms with Crippen LogP contribution in [-0.2, 0) is 4.74 Å². The zero-order chi connectivity index (χ0) is 22.8. The highest BCUT2D eigenvalue weighted by Crippen LogP contribution is 2.44. The molecular formula is C24H20BrF2NO4. The maximum atomic E-state index is 14.0. The van der Waals surface area contributed by atoms with Gasteiger partial charge in [0.1, 0.15) is 30.4 Å². The second kappa shape index (κ2) is 9.36. The van der Waals surface area contributed by atoms with Crippen molar-refractivity contribution in [2.24, 2.45) is 0 Å². The maximum Gasteiger partial charge on any atom is 0.407 e. The van der Waals surface area contributed by atoms with Gasteiger partial charge in [-0.3, -0.25) is 0 Å². The lowest BCUT2D eigenvalue weighted by molar-refractivity contribution is 0.0163. The monoisotopic (exact) mass is 503 g/mol. The molecule has 2 atom stereocenters. The summed E-state index contributed by atoms with van der Waals surface area (Å²) in [5.41, 5.74) is 3.90. The van der Waals surface area contributed by atoms with Crippen LogP contribution in [0.3, 0.4) is 0 Å². The summed E-state index contributed by atoms with van der Waals surface area (Å²) >= 11 is 2.85. The normalized spacial score (nSPS) is 14.4. The van der Waals surface area contributed by atoms with Crippen molar-refractivity contribution in [3.8, 4) is 11.1 Å². The molecule has 0 aliphatic heterocycles. The third-order valence-electron chi connectivity index (χ3n) is 5.52. The van der Waals surface area contributed by atoms with Crippen LogP contribution < -0.4 is 5.32 Å². The average Bonchev–Trinajstić information content (AvgIpc) is 3.11. The molecule has 8 heteroatoms. The molecule has 1 amide bonds. The highest BCUT2D eigenvalue weighted by atomic mass is 79.9. The van der Waals surface area contributed by atoms with Crippen LogP contribution in [0.1, 0.15) is 28.7 Å². The van der Waals surface area contributed by atoms with Crippen molar-refractivity contribution in [1.29, 1.82) is 0 Å². The fraction of sp³-hybridized carbons (Fsp3) is 0.208. The van der Waals surface area contributed by atoms with Crippen LogP contribution in [-0.4, -0.2) is 35.6 Å². The average molecular weight is 504 g/mol. The third-order valence-corrected chi connectivity index (χ3v) is 6.13. The zero-order valence-corrected chi connectivity index (χ0v) is 18.4. The Bertz CT molecular complexity index is 1110. The number of carbonyl (C=O) groups is 1. The SMILES string of the molecule is O=C(NCC(O)C(O)c1cc(F)c(Br)cc1F)OCC1c2ccccc2-c2ccccc21. The van der Waals surface area contributed by atoms with E-state index in [9.17, 15) is 23.8 Å². The van der Waals surface area contributed by atoms with Crippen LogP contribution in [0.5, 0.6) is 0 Å². The second-order valence-electron chi connectivity index (χ2n) is 7.51. The number of halogens is 3. The molecule has 3 N–H and O–H groups in total. The van der Waals surface area contributed by atoms with Gasteiger partial charge < -0.3 is 20.3 Å². The Morgan fingerprint density at radius 1 is 1.00 bits per heavy atom. The summed E-state index contributed by atoms with van der Waals surface area (Å²) in [6.07, 6.45) is -4.09. The first kappa shape index (κ1) is 22.4. The van der Waals surface area contributed by atoms with Crippen molar-refractivity contribution in [3.63, 3.8) is 0 Å². The largest absolute Gasteiger partial charge is 0.449 e. The molecule has 0 bridgehead atoms. The minimum absolute atomic E-state index is 0.0884. The van der Waals surface area contributed by atoms with Crippen LogP contribution in [0.2, 0.25) is 0 Å². The van der Waals surface area contributed by atoms with Crippen LogP contribution in [0.4, 0.5) is 13.6 Å². The van der Waals surface area contributed by atoms with E-state index in [0.29, 0.717) is 0 Å². The highest BCUT2D eigenvalue weighted by molar-refractivity contribution is 9.10. The number of ether oxygens (including phenoxy) is 1. The lowest BCUT2D eigenvalue weighted by Gasteiger charge is -2.20. The van der Waals surface area contributed by atoms with Crippen molar-refractivity contribution in [3.05, 3.63) is 93.5 Å². The van der Waals surface area contributed by atoms with E-state index in [-0.39, 0.29) is 17.0 Å². The van der Waals surface area contributed by atoms with Crippen molar-refractivity contribution in [2.75, 3.05) is 13.2 Å². The molecule has 5 nitrogen and oxygen atoms in total. The molecule has 2 unspecified atom stereocenters. The number of fused-ring (bicyclic) bond motifs is 3. The molecule has 0 heterocycles. The Labute approximate surface area is 191 Å². The van der Waals surface area contributed by atoms with Crippen molar-refractivity contribution < 1.29 is 28.5 Å². The number of amides is 1. The Balaban J connectivity index is 1.35. The lowest BCUT2D eigenvalue weighted by Crippen LogP contribution is -2.36. The molecule has 0 saturated carbocycles. The molecule has 4 rings (SSSR count). The number of alkyl carbamates (subject to hydrolysis) is 1. The first-order valence-corrected chi connectivity index (χ1v) is 10.8. The predicted molar refractivity (Wildman–Crippen MR) is 118 cm³/mol. The number of carbonyl (C=O) groups excluding carboxylic acids is 1. The lowest BCUT2D eigenvalue weighted by atomic mass is 9.98. The molecule has 166 valence electrons. The first-order valence-electron chi connectivity index (χ1n) is 9.96. The summed E-state index contributed by atoms with van der Waals surface area (Å²) in [6.45, 7) is -0.319. The van der Waals surface area contributed by atoms with Crippen molar-refractivity contribution in [2.45, 2.75) is 18.1 Å². The molecule has 1 aliphatic carbocycles. The summed E-state index contributed by atoms with van der Waals surface area (Å²) in [5.74, 6) is -1.79. The van der Waals surface area contributed by atoms with Gasteiger partial charge in [0.15, 0.2) is 0 Å². The standard InChI is InChI=1S/C24H20BrF2NO4/c25-19-10-20(26)17(9-21(19)27)23(30)22(29)11-28-24(31)32-12-18-15-7-3-1-5-13(15)14-6-2-4-8-16(14)18/h1-10,18,22-23,29-30H,11-12H2,(H,28,31). The number of rotatable bonds is 6. The second-order valence-corrected chi connectivity index (χ2v) is 8.36. The molecule has 3 aromatic carbocycles. The molecule has 0 aromatic heterocycles. The van der Waals surface area contributed by atoms with Crippen molar-refractivity contribution >= 4 is 22.0 Å². The third kappa shape index (κ3) is 4.39. The molecule has 0 saturated heterocycles. The molecule has 0 fully saturated rings. The van der Waals surface area contributed by atoms with Crippen LogP contribution in [0.15, 0.2) is 65.1 Å². The van der Waals surface area contributed by atoms with Gasteiger partial charge in [-0.25, -0.2) is 13.6 Å². The Morgan fingerprint density at radius 2 is 1.59 bits per heavy atom. The van der Waals surface area contributed by atoms with Gasteiger partial charge in [-0.2, -0.15) is 0 Å². The van der Waals surface area contributed by atoms with Crippen molar-refractivity contribution in [1.82, 2.24) is 5.32 Å². The van der Waals surface area contributed by atoms with Crippen LogP contribution >= 0.6 is 15.9 Å². The molecule has 0 spiro atoms. The Hall–Kier alpha value is -2.81. The smallest absolute Gasteiger partial charge is 0.407 e. The van der Waals surface area contributed by atoms with E-state index in [1.54, 1.807) is 0 Å². The molecule has 1 aliphatic rings. The summed E-state index contributed by atoms with van der Waals surface area (Å²) < 4.78 is 32.9. The van der Waals surface area contributed by atoms with Gasteiger partial charge in [0, 0.05) is 18.0 Å². The van der Waals surface area contributed by atoms with E-state index in [1.165, 1.54) is 0 Å². The molecular weight excluding hydrogens is 484 g/mol. The minimum Gasteiger partial charge on any atom is -0.449 e. The van der Waals surface area contributed by atoms with E-state index in [1.807, 2.05) is 48.5 Å². The van der Waals surface area contributed by atoms with Gasteiger partial charge >= 0.3 is 6.09 Å². The quantitative estimate of drug-likeness (QED) is 0.427. The van der Waals surface area contributed by atoms with E-state index in [4.69, 9.17) is 4.74 Å². The van der Waals surface area contributed by atoms with Gasteiger partial charge in [0.2, 0.25) is 0 Å². The number of hydrogen-bond acceptors (Lipinski definition) is 4.